The molecule has 108 valence electrons. The summed E-state index contributed by atoms with van der Waals surface area (Å²) >= 11 is 5.80. The van der Waals surface area contributed by atoms with Gasteiger partial charge in [-0.25, -0.2) is 0 Å². The SMILES string of the molecule is CC(C)C(C)(CN)NC(=O)Cc1ccc(Cl)cc1.Cl. The topological polar surface area (TPSA) is 55.1 Å². The lowest BCUT2D eigenvalue weighted by Crippen LogP contribution is -2.55. The summed E-state index contributed by atoms with van der Waals surface area (Å²) in [5, 5.41) is 3.68. The van der Waals surface area contributed by atoms with Crippen molar-refractivity contribution in [2.24, 2.45) is 11.7 Å². The van der Waals surface area contributed by atoms with Gasteiger partial charge in [-0.05, 0) is 30.5 Å². The van der Waals surface area contributed by atoms with Crippen molar-refractivity contribution in [1.29, 1.82) is 0 Å². The minimum atomic E-state index is -0.358. The van der Waals surface area contributed by atoms with E-state index in [1.807, 2.05) is 19.1 Å². The molecule has 1 atom stereocenters. The minimum Gasteiger partial charge on any atom is -0.349 e. The molecule has 0 saturated carbocycles. The lowest BCUT2D eigenvalue weighted by Gasteiger charge is -2.33. The Labute approximate surface area is 126 Å². The molecule has 3 nitrogen and oxygen atoms in total. The summed E-state index contributed by atoms with van der Waals surface area (Å²) in [6, 6.07) is 7.29. The van der Waals surface area contributed by atoms with Crippen molar-refractivity contribution in [1.82, 2.24) is 5.32 Å². The van der Waals surface area contributed by atoms with Gasteiger partial charge in [-0.3, -0.25) is 4.79 Å². The van der Waals surface area contributed by atoms with Gasteiger partial charge >= 0.3 is 0 Å². The minimum absolute atomic E-state index is 0. The van der Waals surface area contributed by atoms with E-state index < -0.39 is 0 Å². The highest BCUT2D eigenvalue weighted by atomic mass is 35.5. The first-order valence-electron chi connectivity index (χ1n) is 6.13. The smallest absolute Gasteiger partial charge is 0.224 e. The van der Waals surface area contributed by atoms with Crippen LogP contribution in [0.15, 0.2) is 24.3 Å². The number of benzene rings is 1. The first-order valence-corrected chi connectivity index (χ1v) is 6.50. The van der Waals surface area contributed by atoms with Crippen LogP contribution in [0.4, 0.5) is 0 Å². The maximum atomic E-state index is 12.0. The normalized spacial score (nSPS) is 13.6. The van der Waals surface area contributed by atoms with E-state index in [1.54, 1.807) is 12.1 Å². The summed E-state index contributed by atoms with van der Waals surface area (Å²) in [7, 11) is 0. The average molecular weight is 305 g/mol. The molecular weight excluding hydrogens is 283 g/mol. The number of rotatable bonds is 5. The van der Waals surface area contributed by atoms with E-state index in [1.165, 1.54) is 0 Å². The van der Waals surface area contributed by atoms with Gasteiger partial charge < -0.3 is 11.1 Å². The van der Waals surface area contributed by atoms with Gasteiger partial charge in [0.25, 0.3) is 0 Å². The van der Waals surface area contributed by atoms with Crippen LogP contribution in [0.2, 0.25) is 5.02 Å². The molecule has 3 N–H and O–H groups in total. The first kappa shape index (κ1) is 18.2. The zero-order valence-corrected chi connectivity index (χ0v) is 13.1. The van der Waals surface area contributed by atoms with Crippen LogP contribution in [0.1, 0.15) is 26.3 Å². The average Bonchev–Trinajstić information content (AvgIpc) is 2.31. The molecule has 1 aromatic carbocycles. The van der Waals surface area contributed by atoms with Gasteiger partial charge in [-0.2, -0.15) is 0 Å². The van der Waals surface area contributed by atoms with Gasteiger partial charge in [0.1, 0.15) is 0 Å². The van der Waals surface area contributed by atoms with E-state index in [9.17, 15) is 4.79 Å². The Bertz CT molecular complexity index is 406. The third kappa shape index (κ3) is 5.39. The van der Waals surface area contributed by atoms with Crippen LogP contribution < -0.4 is 11.1 Å². The van der Waals surface area contributed by atoms with E-state index in [0.717, 1.165) is 5.56 Å². The van der Waals surface area contributed by atoms with Crippen LogP contribution in [0.5, 0.6) is 0 Å². The molecule has 0 aliphatic carbocycles. The van der Waals surface area contributed by atoms with Crippen molar-refractivity contribution in [3.8, 4) is 0 Å². The second kappa shape index (κ2) is 7.73. The summed E-state index contributed by atoms with van der Waals surface area (Å²) in [6.07, 6.45) is 0.347. The summed E-state index contributed by atoms with van der Waals surface area (Å²) < 4.78 is 0. The van der Waals surface area contributed by atoms with Gasteiger partial charge in [0.05, 0.1) is 12.0 Å². The van der Waals surface area contributed by atoms with E-state index in [4.69, 9.17) is 17.3 Å². The molecule has 0 bridgehead atoms. The molecule has 0 saturated heterocycles. The van der Waals surface area contributed by atoms with Crippen LogP contribution in [0.3, 0.4) is 0 Å². The van der Waals surface area contributed by atoms with Gasteiger partial charge in [0, 0.05) is 11.6 Å². The number of nitrogens with two attached hydrogens (primary N) is 1. The zero-order valence-electron chi connectivity index (χ0n) is 11.6. The fourth-order valence-corrected chi connectivity index (χ4v) is 1.71. The molecule has 0 heterocycles. The van der Waals surface area contributed by atoms with Crippen LogP contribution in [-0.4, -0.2) is 18.0 Å². The Kier molecular flexibility index (Phi) is 7.42. The Morgan fingerprint density at radius 3 is 2.32 bits per heavy atom. The zero-order chi connectivity index (χ0) is 13.8. The van der Waals surface area contributed by atoms with Gasteiger partial charge in [0.2, 0.25) is 5.91 Å². The van der Waals surface area contributed by atoms with Crippen molar-refractivity contribution in [3.63, 3.8) is 0 Å². The summed E-state index contributed by atoms with van der Waals surface area (Å²) in [5.41, 5.74) is 6.32. The highest BCUT2D eigenvalue weighted by Crippen LogP contribution is 2.15. The molecule has 5 heteroatoms. The van der Waals surface area contributed by atoms with Crippen LogP contribution in [0, 0.1) is 5.92 Å². The van der Waals surface area contributed by atoms with Crippen molar-refractivity contribution in [3.05, 3.63) is 34.9 Å². The van der Waals surface area contributed by atoms with Crippen molar-refractivity contribution in [2.45, 2.75) is 32.7 Å². The quantitative estimate of drug-likeness (QED) is 0.879. The fourth-order valence-electron chi connectivity index (χ4n) is 1.58. The van der Waals surface area contributed by atoms with E-state index >= 15 is 0 Å². The Morgan fingerprint density at radius 1 is 1.37 bits per heavy atom. The highest BCUT2D eigenvalue weighted by Gasteiger charge is 2.28. The maximum Gasteiger partial charge on any atom is 0.224 e. The molecule has 1 rings (SSSR count). The van der Waals surface area contributed by atoms with E-state index in [0.29, 0.717) is 18.0 Å². The molecule has 0 aromatic heterocycles. The number of carbonyl (C=O) groups excluding carboxylic acids is 1. The van der Waals surface area contributed by atoms with Crippen molar-refractivity contribution >= 4 is 29.9 Å². The number of hydrogen-bond acceptors (Lipinski definition) is 2. The number of amides is 1. The van der Waals surface area contributed by atoms with Crippen LogP contribution >= 0.6 is 24.0 Å². The molecule has 0 spiro atoms. The van der Waals surface area contributed by atoms with Crippen LogP contribution in [-0.2, 0) is 11.2 Å². The van der Waals surface area contributed by atoms with Gasteiger partial charge in [-0.1, -0.05) is 37.6 Å². The monoisotopic (exact) mass is 304 g/mol. The third-order valence-corrected chi connectivity index (χ3v) is 3.65. The van der Waals surface area contributed by atoms with Gasteiger partial charge in [0.15, 0.2) is 0 Å². The second-order valence-electron chi connectivity index (χ2n) is 5.13. The molecule has 1 unspecified atom stereocenters. The lowest BCUT2D eigenvalue weighted by molar-refractivity contribution is -0.122. The molecular formula is C14H22Cl2N2O. The summed E-state index contributed by atoms with van der Waals surface area (Å²) in [4.78, 5) is 12.0. The van der Waals surface area contributed by atoms with Crippen molar-refractivity contribution < 1.29 is 4.79 Å². The predicted octanol–water partition coefficient (Wildman–Crippen LogP) is 2.79. The molecule has 0 radical (unpaired) electrons. The summed E-state index contributed by atoms with van der Waals surface area (Å²) in [5.74, 6) is 0.274. The third-order valence-electron chi connectivity index (χ3n) is 3.40. The number of halogens is 2. The molecule has 1 amide bonds. The Balaban J connectivity index is 0.00000324. The Hall–Kier alpha value is -0.770. The van der Waals surface area contributed by atoms with E-state index in [2.05, 4.69) is 19.2 Å². The maximum absolute atomic E-state index is 12.0. The van der Waals surface area contributed by atoms with Gasteiger partial charge in [-0.15, -0.1) is 12.4 Å². The number of nitrogens with one attached hydrogen (secondary N) is 1. The summed E-state index contributed by atoms with van der Waals surface area (Å²) in [6.45, 7) is 6.50. The van der Waals surface area contributed by atoms with Crippen molar-refractivity contribution in [2.75, 3.05) is 6.54 Å². The molecule has 0 aliphatic rings. The predicted molar refractivity (Wildman–Crippen MR) is 82.8 cm³/mol. The molecule has 0 fully saturated rings. The number of carbonyl (C=O) groups is 1. The molecule has 19 heavy (non-hydrogen) atoms. The lowest BCUT2D eigenvalue weighted by atomic mass is 9.88. The first-order chi connectivity index (χ1) is 8.37. The van der Waals surface area contributed by atoms with Crippen LogP contribution in [0.25, 0.3) is 0 Å². The fraction of sp³-hybridized carbons (Fsp3) is 0.500. The van der Waals surface area contributed by atoms with E-state index in [-0.39, 0.29) is 29.8 Å². The number of hydrogen-bond donors (Lipinski definition) is 2. The highest BCUT2D eigenvalue weighted by molar-refractivity contribution is 6.30. The Morgan fingerprint density at radius 2 is 1.89 bits per heavy atom. The largest absolute Gasteiger partial charge is 0.349 e. The molecule has 1 aromatic rings. The second-order valence-corrected chi connectivity index (χ2v) is 5.56. The molecule has 0 aliphatic heterocycles. The standard InChI is InChI=1S/C14H21ClN2O.ClH/c1-10(2)14(3,9-16)17-13(18)8-11-4-6-12(15)7-5-11;/h4-7,10H,8-9,16H2,1-3H3,(H,17,18);1H.